The van der Waals surface area contributed by atoms with Gasteiger partial charge in [-0.1, -0.05) is 6.07 Å². The summed E-state index contributed by atoms with van der Waals surface area (Å²) in [6.45, 7) is 14.1. The summed E-state index contributed by atoms with van der Waals surface area (Å²) >= 11 is 0. The van der Waals surface area contributed by atoms with Crippen LogP contribution in [0.2, 0.25) is 0 Å². The van der Waals surface area contributed by atoms with E-state index < -0.39 is 0 Å². The summed E-state index contributed by atoms with van der Waals surface area (Å²) in [5.74, 6) is 0.641. The molecule has 1 aromatic rings. The van der Waals surface area contributed by atoms with Crippen molar-refractivity contribution in [2.45, 2.75) is 19.1 Å². The minimum absolute atomic E-state index is 0.0470. The third-order valence-electron chi connectivity index (χ3n) is 4.48. The number of nitrogens with zero attached hydrogens (tertiary/aromatic N) is 2. The molecule has 0 unspecified atom stereocenters. The zero-order chi connectivity index (χ0) is 14.8. The van der Waals surface area contributed by atoms with Crippen LogP contribution in [-0.2, 0) is 4.74 Å². The number of hydrogen-bond acceptors (Lipinski definition) is 4. The number of fused-ring (bicyclic) bond motifs is 1. The Hall–Kier alpha value is -1.61. The molecule has 2 aliphatic heterocycles. The van der Waals surface area contributed by atoms with Crippen molar-refractivity contribution in [3.05, 3.63) is 34.7 Å². The summed E-state index contributed by atoms with van der Waals surface area (Å²) in [5.41, 5.74) is 2.68. The monoisotopic (exact) mass is 287 g/mol. The zero-order valence-electron chi connectivity index (χ0n) is 12.6. The summed E-state index contributed by atoms with van der Waals surface area (Å²) in [5, 5.41) is 3.41. The van der Waals surface area contributed by atoms with Gasteiger partial charge in [0.1, 0.15) is 5.75 Å². The quantitative estimate of drug-likeness (QED) is 0.843. The van der Waals surface area contributed by atoms with Gasteiger partial charge in [-0.25, -0.2) is 4.85 Å². The Morgan fingerprint density at radius 2 is 2.33 bits per heavy atom. The summed E-state index contributed by atoms with van der Waals surface area (Å²) in [4.78, 5) is 6.12. The van der Waals surface area contributed by atoms with Crippen LogP contribution in [0.5, 0.6) is 5.75 Å². The van der Waals surface area contributed by atoms with Crippen molar-refractivity contribution in [1.82, 2.24) is 10.2 Å². The van der Waals surface area contributed by atoms with Crippen molar-refractivity contribution in [3.8, 4) is 5.75 Å². The van der Waals surface area contributed by atoms with Crippen molar-refractivity contribution in [2.24, 2.45) is 0 Å². The molecular formula is C16H21N3O2. The summed E-state index contributed by atoms with van der Waals surface area (Å²) < 4.78 is 11.3. The Labute approximate surface area is 125 Å². The second kappa shape index (κ2) is 6.02. The second-order valence-electron chi connectivity index (χ2n) is 5.62. The van der Waals surface area contributed by atoms with Crippen molar-refractivity contribution in [3.63, 3.8) is 0 Å². The van der Waals surface area contributed by atoms with Crippen molar-refractivity contribution >= 4 is 5.69 Å². The van der Waals surface area contributed by atoms with Gasteiger partial charge in [0.05, 0.1) is 26.4 Å². The Balaban J connectivity index is 1.86. The van der Waals surface area contributed by atoms with Crippen molar-refractivity contribution in [2.75, 3.05) is 39.9 Å². The molecule has 0 radical (unpaired) electrons. The number of hydrogen-bond donors (Lipinski definition) is 1. The van der Waals surface area contributed by atoms with Gasteiger partial charge in [-0.2, -0.15) is 0 Å². The largest absolute Gasteiger partial charge is 0.508 e. The molecule has 1 aromatic carbocycles. The maximum atomic E-state index is 7.37. The molecule has 0 spiro atoms. The molecule has 2 heterocycles. The van der Waals surface area contributed by atoms with Crippen LogP contribution >= 0.6 is 0 Å². The Kier molecular flexibility index (Phi) is 4.11. The first-order valence-electron chi connectivity index (χ1n) is 7.36. The van der Waals surface area contributed by atoms with Gasteiger partial charge in [0.25, 0.3) is 0 Å². The first-order valence-corrected chi connectivity index (χ1v) is 7.36. The van der Waals surface area contributed by atoms with Gasteiger partial charge < -0.3 is 14.8 Å². The van der Waals surface area contributed by atoms with Gasteiger partial charge in [0.2, 0.25) is 5.69 Å². The fraction of sp³-hybridized carbons (Fsp3) is 0.562. The average molecular weight is 287 g/mol. The van der Waals surface area contributed by atoms with E-state index in [1.807, 2.05) is 19.1 Å². The van der Waals surface area contributed by atoms with Crippen LogP contribution in [0.15, 0.2) is 12.1 Å². The van der Waals surface area contributed by atoms with E-state index in [9.17, 15) is 0 Å². The normalized spacial score (nSPS) is 26.0. The molecule has 0 aliphatic carbocycles. The maximum Gasteiger partial charge on any atom is 0.231 e. The van der Waals surface area contributed by atoms with E-state index in [4.69, 9.17) is 16.0 Å². The van der Waals surface area contributed by atoms with E-state index in [0.29, 0.717) is 17.5 Å². The Morgan fingerprint density at radius 1 is 1.48 bits per heavy atom. The van der Waals surface area contributed by atoms with E-state index in [1.165, 1.54) is 0 Å². The molecule has 2 saturated heterocycles. The lowest BCUT2D eigenvalue weighted by Crippen LogP contribution is -2.57. The lowest BCUT2D eigenvalue weighted by molar-refractivity contribution is -0.0719. The predicted octanol–water partition coefficient (Wildman–Crippen LogP) is 1.90. The van der Waals surface area contributed by atoms with Gasteiger partial charge in [-0.15, -0.1) is 0 Å². The molecule has 3 rings (SSSR count). The molecule has 5 heteroatoms. The van der Waals surface area contributed by atoms with Crippen LogP contribution < -0.4 is 10.1 Å². The van der Waals surface area contributed by atoms with Crippen molar-refractivity contribution < 1.29 is 9.47 Å². The fourth-order valence-electron chi connectivity index (χ4n) is 3.23. The topological polar surface area (TPSA) is 38.1 Å². The van der Waals surface area contributed by atoms with E-state index in [2.05, 4.69) is 15.1 Å². The number of piperazine rings is 1. The highest BCUT2D eigenvalue weighted by molar-refractivity contribution is 5.65. The minimum atomic E-state index is 0.0470. The summed E-state index contributed by atoms with van der Waals surface area (Å²) in [6, 6.07) is 4.40. The van der Waals surface area contributed by atoms with Crippen LogP contribution in [0.25, 0.3) is 4.85 Å². The first kappa shape index (κ1) is 14.3. The maximum absolute atomic E-state index is 7.37. The van der Waals surface area contributed by atoms with E-state index in [0.717, 1.165) is 43.9 Å². The molecule has 0 saturated carbocycles. The lowest BCUT2D eigenvalue weighted by Gasteiger charge is -2.43. The van der Waals surface area contributed by atoms with Crippen molar-refractivity contribution in [1.29, 1.82) is 0 Å². The fourth-order valence-corrected chi connectivity index (χ4v) is 3.23. The van der Waals surface area contributed by atoms with Gasteiger partial charge in [-0.05, 0) is 24.1 Å². The van der Waals surface area contributed by atoms with Gasteiger partial charge in [-0.3, -0.25) is 4.90 Å². The molecule has 5 nitrogen and oxygen atoms in total. The Bertz CT molecular complexity index is 567. The molecule has 0 bridgehead atoms. The average Bonchev–Trinajstić information content (AvgIpc) is 2.54. The second-order valence-corrected chi connectivity index (χ2v) is 5.62. The third kappa shape index (κ3) is 2.62. The molecule has 0 aromatic heterocycles. The third-order valence-corrected chi connectivity index (χ3v) is 4.48. The zero-order valence-corrected chi connectivity index (χ0v) is 12.6. The number of ether oxygens (including phenoxy) is 2. The summed E-state index contributed by atoms with van der Waals surface area (Å²) in [6.07, 6.45) is 0.0470. The van der Waals surface area contributed by atoms with Crippen LogP contribution in [0.4, 0.5) is 5.69 Å². The number of morpholine rings is 1. The first-order chi connectivity index (χ1) is 10.2. The molecular weight excluding hydrogens is 266 g/mol. The molecule has 112 valence electrons. The molecule has 2 atom stereocenters. The minimum Gasteiger partial charge on any atom is -0.508 e. The van der Waals surface area contributed by atoms with E-state index in [1.54, 1.807) is 7.11 Å². The van der Waals surface area contributed by atoms with Gasteiger partial charge in [0.15, 0.2) is 0 Å². The highest BCUT2D eigenvalue weighted by Gasteiger charge is 2.32. The highest BCUT2D eigenvalue weighted by Crippen LogP contribution is 2.37. The van der Waals surface area contributed by atoms with Gasteiger partial charge >= 0.3 is 0 Å². The van der Waals surface area contributed by atoms with E-state index in [-0.39, 0.29) is 6.10 Å². The van der Waals surface area contributed by atoms with E-state index >= 15 is 0 Å². The number of methoxy groups -OCH3 is 1. The standard InChI is InChI=1S/C16H21N3O2/c1-11-13(4-5-14(20-3)16(11)17-2)15-9-19-7-6-18-8-12(19)10-21-15/h4-5,12,15,18H,6-10H2,1,3H3/t12-,15-/m1/s1. The SMILES string of the molecule is [C-]#[N+]c1c(OC)ccc([C@H]2CN3CCNC[C@@H]3CO2)c1C. The number of benzene rings is 1. The number of rotatable bonds is 2. The van der Waals surface area contributed by atoms with Crippen LogP contribution in [0, 0.1) is 13.5 Å². The molecule has 21 heavy (non-hydrogen) atoms. The molecule has 2 fully saturated rings. The summed E-state index contributed by atoms with van der Waals surface area (Å²) in [7, 11) is 1.60. The Morgan fingerprint density at radius 3 is 3.10 bits per heavy atom. The highest BCUT2D eigenvalue weighted by atomic mass is 16.5. The molecule has 2 aliphatic rings. The van der Waals surface area contributed by atoms with Crippen LogP contribution in [0.3, 0.4) is 0 Å². The molecule has 0 amide bonds. The predicted molar refractivity (Wildman–Crippen MR) is 80.9 cm³/mol. The lowest BCUT2D eigenvalue weighted by atomic mass is 9.98. The van der Waals surface area contributed by atoms with Crippen LogP contribution in [-0.4, -0.2) is 50.8 Å². The van der Waals surface area contributed by atoms with Gasteiger partial charge in [0, 0.05) is 32.2 Å². The smallest absolute Gasteiger partial charge is 0.231 e. The van der Waals surface area contributed by atoms with Crippen LogP contribution in [0.1, 0.15) is 17.2 Å². The molecule has 1 N–H and O–H groups in total. The number of nitrogens with one attached hydrogen (secondary N) is 1.